The van der Waals surface area contributed by atoms with Crippen LogP contribution in [0.3, 0.4) is 0 Å². The van der Waals surface area contributed by atoms with E-state index >= 15 is 0 Å². The second-order valence-corrected chi connectivity index (χ2v) is 12.7. The first-order chi connectivity index (χ1) is 20.0. The third-order valence-corrected chi connectivity index (χ3v) is 9.34. The van der Waals surface area contributed by atoms with Crippen LogP contribution in [-0.4, -0.2) is 23.9 Å². The Hall–Kier alpha value is -3.89. The van der Waals surface area contributed by atoms with E-state index < -0.39 is 27.7 Å². The zero-order valence-corrected chi connectivity index (χ0v) is 24.7. The molecule has 7 nitrogen and oxygen atoms in total. The van der Waals surface area contributed by atoms with Crippen molar-refractivity contribution in [1.29, 1.82) is 0 Å². The van der Waals surface area contributed by atoms with Crippen molar-refractivity contribution >= 4 is 21.6 Å². The van der Waals surface area contributed by atoms with E-state index in [4.69, 9.17) is 0 Å². The molecule has 1 aliphatic carbocycles. The van der Waals surface area contributed by atoms with Gasteiger partial charge in [-0.15, -0.1) is 0 Å². The first-order valence-electron chi connectivity index (χ1n) is 13.9. The molecule has 0 saturated heterocycles. The lowest BCUT2D eigenvalue weighted by atomic mass is 9.87. The van der Waals surface area contributed by atoms with E-state index in [2.05, 4.69) is 9.71 Å². The number of imidazole rings is 1. The fraction of sp³-hybridized carbons (Fsp3) is 0.312. The Morgan fingerprint density at radius 2 is 1.93 bits per heavy atom. The molecule has 10 heteroatoms. The third kappa shape index (κ3) is 6.44. The summed E-state index contributed by atoms with van der Waals surface area (Å²) in [4.78, 5) is 20.1. The number of sulfonamides is 1. The molecule has 1 N–H and O–H groups in total. The summed E-state index contributed by atoms with van der Waals surface area (Å²) in [7, 11) is -1.93. The van der Waals surface area contributed by atoms with Gasteiger partial charge in [0.15, 0.2) is 11.6 Å². The summed E-state index contributed by atoms with van der Waals surface area (Å²) in [6, 6.07) is 15.7. The Kier molecular flexibility index (Phi) is 8.56. The molecule has 0 bridgehead atoms. The van der Waals surface area contributed by atoms with Crippen molar-refractivity contribution in [2.45, 2.75) is 62.9 Å². The van der Waals surface area contributed by atoms with Gasteiger partial charge in [-0.1, -0.05) is 31.2 Å². The normalized spacial score (nSPS) is 15.7. The lowest BCUT2D eigenvalue weighted by Crippen LogP contribution is -2.34. The summed E-state index contributed by atoms with van der Waals surface area (Å²) in [5, 5.41) is 0. The van der Waals surface area contributed by atoms with Gasteiger partial charge in [0.2, 0.25) is 15.9 Å². The van der Waals surface area contributed by atoms with Gasteiger partial charge in [0.25, 0.3) is 0 Å². The Morgan fingerprint density at radius 3 is 2.64 bits per heavy atom. The summed E-state index contributed by atoms with van der Waals surface area (Å²) in [5.74, 6) is -1.81. The molecule has 220 valence electrons. The molecule has 42 heavy (non-hydrogen) atoms. The van der Waals surface area contributed by atoms with Crippen molar-refractivity contribution in [3.8, 4) is 0 Å². The van der Waals surface area contributed by atoms with Gasteiger partial charge in [-0.25, -0.2) is 26.9 Å². The van der Waals surface area contributed by atoms with Gasteiger partial charge in [0.05, 0.1) is 11.4 Å². The smallest absolute Gasteiger partial charge is 0.241 e. The molecular weight excluding hydrogens is 558 g/mol. The molecule has 0 radical (unpaired) electrons. The fourth-order valence-electron chi connectivity index (χ4n) is 5.44. The van der Waals surface area contributed by atoms with E-state index in [0.717, 1.165) is 41.7 Å². The highest BCUT2D eigenvalue weighted by atomic mass is 32.2. The number of fused-ring (bicyclic) bond motifs is 1. The van der Waals surface area contributed by atoms with Crippen molar-refractivity contribution in [1.82, 2.24) is 14.3 Å². The molecule has 0 fully saturated rings. The third-order valence-electron chi connectivity index (χ3n) is 7.87. The van der Waals surface area contributed by atoms with Gasteiger partial charge in [-0.05, 0) is 90.8 Å². The van der Waals surface area contributed by atoms with Crippen LogP contribution in [0.4, 0.5) is 14.5 Å². The van der Waals surface area contributed by atoms with Crippen molar-refractivity contribution in [3.63, 3.8) is 0 Å². The minimum absolute atomic E-state index is 0.0516. The SMILES string of the molecule is Cc1cccc(S(=O)(=O)N[C@H]2CCCc3ccc(N(Cc4nccn4C)C(=O)C[C@@H](C)c4ccc(F)c(F)c4)cc32)c1. The molecule has 0 saturated carbocycles. The number of carbonyl (C=O) groups excluding carboxylic acids is 1. The Morgan fingerprint density at radius 1 is 1.12 bits per heavy atom. The number of aromatic nitrogens is 2. The van der Waals surface area contributed by atoms with E-state index in [-0.39, 0.29) is 29.7 Å². The van der Waals surface area contributed by atoms with Crippen LogP contribution in [0.15, 0.2) is 78.0 Å². The molecule has 0 spiro atoms. The number of nitrogens with one attached hydrogen (secondary N) is 1. The second kappa shape index (κ2) is 12.1. The molecule has 0 unspecified atom stereocenters. The van der Waals surface area contributed by atoms with Crippen molar-refractivity contribution in [2.75, 3.05) is 4.90 Å². The van der Waals surface area contributed by atoms with Crippen molar-refractivity contribution < 1.29 is 22.0 Å². The number of halogens is 2. The summed E-state index contributed by atoms with van der Waals surface area (Å²) < 4.78 is 58.7. The van der Waals surface area contributed by atoms with E-state index in [9.17, 15) is 22.0 Å². The second-order valence-electron chi connectivity index (χ2n) is 11.0. The van der Waals surface area contributed by atoms with Crippen LogP contribution in [0.5, 0.6) is 0 Å². The van der Waals surface area contributed by atoms with E-state index in [1.165, 1.54) is 6.07 Å². The number of nitrogens with zero attached hydrogens (tertiary/aromatic N) is 3. The molecule has 0 aliphatic heterocycles. The molecule has 2 atom stereocenters. The zero-order valence-electron chi connectivity index (χ0n) is 23.8. The zero-order chi connectivity index (χ0) is 30.0. The predicted octanol–water partition coefficient (Wildman–Crippen LogP) is 6.09. The molecule has 4 aromatic rings. The molecule has 1 aliphatic rings. The predicted molar refractivity (Wildman–Crippen MR) is 157 cm³/mol. The van der Waals surface area contributed by atoms with Crippen molar-refractivity contribution in [3.05, 3.63) is 113 Å². The average Bonchev–Trinajstić information content (AvgIpc) is 3.37. The van der Waals surface area contributed by atoms with Crippen LogP contribution in [0.2, 0.25) is 0 Å². The number of aryl methyl sites for hydroxylation is 3. The van der Waals surface area contributed by atoms with Crippen LogP contribution in [0.1, 0.15) is 66.2 Å². The van der Waals surface area contributed by atoms with Crippen LogP contribution in [-0.2, 0) is 34.8 Å². The topological polar surface area (TPSA) is 84.3 Å². The Bertz CT molecular complexity index is 1720. The van der Waals surface area contributed by atoms with Crippen molar-refractivity contribution in [2.24, 2.45) is 7.05 Å². The van der Waals surface area contributed by atoms with Gasteiger partial charge >= 0.3 is 0 Å². The minimum Gasteiger partial charge on any atom is -0.337 e. The fourth-order valence-corrected chi connectivity index (χ4v) is 6.79. The summed E-state index contributed by atoms with van der Waals surface area (Å²) in [6.07, 6.45) is 5.77. The number of benzene rings is 3. The molecule has 1 amide bonds. The maximum atomic E-state index is 13.9. The van der Waals surface area contributed by atoms with Crippen LogP contribution < -0.4 is 9.62 Å². The number of amides is 1. The molecular formula is C32H34F2N4O3S. The summed E-state index contributed by atoms with van der Waals surface area (Å²) >= 11 is 0. The standard InChI is InChI=1S/C32H34F2N4O3S/c1-21-6-4-8-26(16-21)42(40,41)36-30-9-5-7-23-10-12-25(19-27(23)30)38(20-31-35-14-15-37(31)3)32(39)17-22(2)24-11-13-28(33)29(34)18-24/h4,6,8,10-16,18-19,22,30,36H,5,7,9,17,20H2,1-3H3/t22-,30+/m1/s1. The van der Waals surface area contributed by atoms with Gasteiger partial charge in [0.1, 0.15) is 5.82 Å². The molecule has 1 aromatic heterocycles. The van der Waals surface area contributed by atoms with E-state index in [1.54, 1.807) is 42.4 Å². The number of hydrogen-bond acceptors (Lipinski definition) is 4. The van der Waals surface area contributed by atoms with Crippen LogP contribution in [0.25, 0.3) is 0 Å². The largest absolute Gasteiger partial charge is 0.337 e. The lowest BCUT2D eigenvalue weighted by molar-refractivity contribution is -0.119. The van der Waals surface area contributed by atoms with Crippen LogP contribution in [0, 0.1) is 18.6 Å². The monoisotopic (exact) mass is 592 g/mol. The number of carbonyl (C=O) groups is 1. The summed E-state index contributed by atoms with van der Waals surface area (Å²) in [5.41, 5.74) is 3.85. The first-order valence-corrected chi connectivity index (χ1v) is 15.4. The lowest BCUT2D eigenvalue weighted by Gasteiger charge is -2.30. The first kappa shape index (κ1) is 29.6. The highest BCUT2D eigenvalue weighted by Gasteiger charge is 2.28. The molecule has 3 aromatic carbocycles. The Labute approximate surface area is 245 Å². The van der Waals surface area contributed by atoms with Gasteiger partial charge in [-0.3, -0.25) is 4.79 Å². The van der Waals surface area contributed by atoms with E-state index in [0.29, 0.717) is 23.5 Å². The van der Waals surface area contributed by atoms with Gasteiger partial charge in [0, 0.05) is 37.6 Å². The van der Waals surface area contributed by atoms with Gasteiger partial charge < -0.3 is 9.47 Å². The maximum Gasteiger partial charge on any atom is 0.241 e. The Balaban J connectivity index is 1.46. The highest BCUT2D eigenvalue weighted by molar-refractivity contribution is 7.89. The quantitative estimate of drug-likeness (QED) is 0.255. The molecule has 1 heterocycles. The van der Waals surface area contributed by atoms with Gasteiger partial charge in [-0.2, -0.15) is 0 Å². The number of rotatable bonds is 9. The van der Waals surface area contributed by atoms with E-state index in [1.807, 2.05) is 42.8 Å². The average molecular weight is 593 g/mol. The number of anilines is 1. The molecule has 5 rings (SSSR count). The maximum absolute atomic E-state index is 13.9. The summed E-state index contributed by atoms with van der Waals surface area (Å²) in [6.45, 7) is 3.83. The minimum atomic E-state index is -3.78. The number of hydrogen-bond donors (Lipinski definition) is 1. The highest BCUT2D eigenvalue weighted by Crippen LogP contribution is 2.35. The van der Waals surface area contributed by atoms with Crippen LogP contribution >= 0.6 is 0 Å².